The zero-order valence-corrected chi connectivity index (χ0v) is 10.4. The molecule has 4 heteroatoms. The standard InChI is InChI=1S/C14H15NO3/c1-17-11-3-4-14(18-2)12(8-11)13-7-10(9-16)5-6-15-13/h3-8,16H,9H2,1-2H3. The molecule has 0 aliphatic heterocycles. The van der Waals surface area contributed by atoms with Crippen molar-refractivity contribution in [2.24, 2.45) is 0 Å². The van der Waals surface area contributed by atoms with Crippen LogP contribution < -0.4 is 9.47 Å². The summed E-state index contributed by atoms with van der Waals surface area (Å²) in [4.78, 5) is 4.29. The van der Waals surface area contributed by atoms with E-state index >= 15 is 0 Å². The van der Waals surface area contributed by atoms with E-state index < -0.39 is 0 Å². The minimum absolute atomic E-state index is 0.0121. The number of nitrogens with zero attached hydrogens (tertiary/aromatic N) is 1. The van der Waals surface area contributed by atoms with Crippen LogP contribution in [0.5, 0.6) is 11.5 Å². The summed E-state index contributed by atoms with van der Waals surface area (Å²) in [7, 11) is 3.23. The number of methoxy groups -OCH3 is 2. The second-order valence-corrected chi connectivity index (χ2v) is 3.77. The van der Waals surface area contributed by atoms with Crippen LogP contribution in [0, 0.1) is 0 Å². The third-order valence-corrected chi connectivity index (χ3v) is 2.69. The molecule has 2 rings (SSSR count). The Kier molecular flexibility index (Phi) is 3.79. The van der Waals surface area contributed by atoms with Gasteiger partial charge < -0.3 is 14.6 Å². The topological polar surface area (TPSA) is 51.6 Å². The van der Waals surface area contributed by atoms with Gasteiger partial charge in [0.25, 0.3) is 0 Å². The fourth-order valence-electron chi connectivity index (χ4n) is 1.73. The van der Waals surface area contributed by atoms with Gasteiger partial charge in [-0.1, -0.05) is 0 Å². The van der Waals surface area contributed by atoms with Gasteiger partial charge in [0, 0.05) is 11.8 Å². The second-order valence-electron chi connectivity index (χ2n) is 3.77. The highest BCUT2D eigenvalue weighted by molar-refractivity contribution is 5.69. The molecule has 1 heterocycles. The molecule has 0 unspecified atom stereocenters. The molecule has 0 atom stereocenters. The highest BCUT2D eigenvalue weighted by Crippen LogP contribution is 2.32. The summed E-state index contributed by atoms with van der Waals surface area (Å²) in [5, 5.41) is 9.15. The van der Waals surface area contributed by atoms with E-state index in [1.54, 1.807) is 26.5 Å². The lowest BCUT2D eigenvalue weighted by atomic mass is 10.1. The fourth-order valence-corrected chi connectivity index (χ4v) is 1.73. The van der Waals surface area contributed by atoms with Crippen molar-refractivity contribution in [1.29, 1.82) is 0 Å². The van der Waals surface area contributed by atoms with E-state index in [1.165, 1.54) is 0 Å². The largest absolute Gasteiger partial charge is 0.497 e. The Labute approximate surface area is 106 Å². The molecule has 0 saturated carbocycles. The molecule has 18 heavy (non-hydrogen) atoms. The number of aromatic nitrogens is 1. The minimum atomic E-state index is -0.0121. The first-order valence-electron chi connectivity index (χ1n) is 5.56. The van der Waals surface area contributed by atoms with Crippen LogP contribution in [0.4, 0.5) is 0 Å². The summed E-state index contributed by atoms with van der Waals surface area (Å²) in [5.41, 5.74) is 2.40. The van der Waals surface area contributed by atoms with E-state index in [0.717, 1.165) is 28.3 Å². The number of benzene rings is 1. The zero-order chi connectivity index (χ0) is 13.0. The first-order valence-corrected chi connectivity index (χ1v) is 5.56. The fraction of sp³-hybridized carbons (Fsp3) is 0.214. The maximum absolute atomic E-state index is 9.15. The Morgan fingerprint density at radius 2 is 1.94 bits per heavy atom. The molecular weight excluding hydrogens is 230 g/mol. The normalized spacial score (nSPS) is 10.2. The Bertz CT molecular complexity index is 540. The number of hydrogen-bond donors (Lipinski definition) is 1. The summed E-state index contributed by atoms with van der Waals surface area (Å²) in [6.07, 6.45) is 1.67. The van der Waals surface area contributed by atoms with Gasteiger partial charge in [-0.2, -0.15) is 0 Å². The van der Waals surface area contributed by atoms with Crippen molar-refractivity contribution in [3.8, 4) is 22.8 Å². The molecule has 0 saturated heterocycles. The first kappa shape index (κ1) is 12.4. The molecule has 2 aromatic rings. The molecule has 0 bridgehead atoms. The number of hydrogen-bond acceptors (Lipinski definition) is 4. The Balaban J connectivity index is 2.53. The lowest BCUT2D eigenvalue weighted by molar-refractivity contribution is 0.282. The van der Waals surface area contributed by atoms with Gasteiger partial charge in [-0.3, -0.25) is 4.98 Å². The van der Waals surface area contributed by atoms with Crippen molar-refractivity contribution in [3.05, 3.63) is 42.1 Å². The molecule has 0 aliphatic rings. The molecule has 1 aromatic heterocycles. The van der Waals surface area contributed by atoms with Gasteiger partial charge >= 0.3 is 0 Å². The van der Waals surface area contributed by atoms with E-state index in [1.807, 2.05) is 24.3 Å². The van der Waals surface area contributed by atoms with Crippen molar-refractivity contribution >= 4 is 0 Å². The molecule has 4 nitrogen and oxygen atoms in total. The lowest BCUT2D eigenvalue weighted by Gasteiger charge is -2.10. The summed E-state index contributed by atoms with van der Waals surface area (Å²) in [6.45, 7) is -0.0121. The average molecular weight is 245 g/mol. The molecule has 94 valence electrons. The molecule has 1 aromatic carbocycles. The second kappa shape index (κ2) is 5.51. The third-order valence-electron chi connectivity index (χ3n) is 2.69. The van der Waals surface area contributed by atoms with Crippen molar-refractivity contribution in [2.75, 3.05) is 14.2 Å². The molecule has 1 N–H and O–H groups in total. The number of aliphatic hydroxyl groups excluding tert-OH is 1. The Hall–Kier alpha value is -2.07. The van der Waals surface area contributed by atoms with Gasteiger partial charge in [0.15, 0.2) is 0 Å². The predicted octanol–water partition coefficient (Wildman–Crippen LogP) is 2.26. The van der Waals surface area contributed by atoms with Crippen LogP contribution in [0.2, 0.25) is 0 Å². The van der Waals surface area contributed by atoms with Gasteiger partial charge in [-0.25, -0.2) is 0 Å². The van der Waals surface area contributed by atoms with E-state index in [9.17, 15) is 0 Å². The van der Waals surface area contributed by atoms with Gasteiger partial charge in [-0.15, -0.1) is 0 Å². The van der Waals surface area contributed by atoms with E-state index in [4.69, 9.17) is 14.6 Å². The summed E-state index contributed by atoms with van der Waals surface area (Å²) < 4.78 is 10.5. The lowest BCUT2D eigenvalue weighted by Crippen LogP contribution is -1.93. The molecular formula is C14H15NO3. The zero-order valence-electron chi connectivity index (χ0n) is 10.4. The van der Waals surface area contributed by atoms with Crippen LogP contribution in [0.3, 0.4) is 0 Å². The monoisotopic (exact) mass is 245 g/mol. The summed E-state index contributed by atoms with van der Waals surface area (Å²) in [6, 6.07) is 9.13. The molecule has 0 fully saturated rings. The molecule has 0 radical (unpaired) electrons. The number of aliphatic hydroxyl groups is 1. The third kappa shape index (κ3) is 2.43. The van der Waals surface area contributed by atoms with E-state index in [2.05, 4.69) is 4.98 Å². The quantitative estimate of drug-likeness (QED) is 0.897. The van der Waals surface area contributed by atoms with Crippen LogP contribution in [0.1, 0.15) is 5.56 Å². The highest BCUT2D eigenvalue weighted by Gasteiger charge is 2.09. The van der Waals surface area contributed by atoms with Gasteiger partial charge in [0.1, 0.15) is 11.5 Å². The SMILES string of the molecule is COc1ccc(OC)c(-c2cc(CO)ccn2)c1. The molecule has 0 aliphatic carbocycles. The van der Waals surface area contributed by atoms with Crippen molar-refractivity contribution in [1.82, 2.24) is 4.98 Å². The molecule has 0 spiro atoms. The van der Waals surface area contributed by atoms with Crippen LogP contribution >= 0.6 is 0 Å². The summed E-state index contributed by atoms with van der Waals surface area (Å²) >= 11 is 0. The van der Waals surface area contributed by atoms with Crippen LogP contribution in [-0.2, 0) is 6.61 Å². The minimum Gasteiger partial charge on any atom is -0.497 e. The predicted molar refractivity (Wildman–Crippen MR) is 68.7 cm³/mol. The van der Waals surface area contributed by atoms with Crippen molar-refractivity contribution < 1.29 is 14.6 Å². The Morgan fingerprint density at radius 3 is 2.61 bits per heavy atom. The van der Waals surface area contributed by atoms with Crippen molar-refractivity contribution in [3.63, 3.8) is 0 Å². The van der Waals surface area contributed by atoms with Crippen LogP contribution in [0.15, 0.2) is 36.5 Å². The van der Waals surface area contributed by atoms with Crippen LogP contribution in [0.25, 0.3) is 11.3 Å². The van der Waals surface area contributed by atoms with E-state index in [-0.39, 0.29) is 6.61 Å². The number of ether oxygens (including phenoxy) is 2. The first-order chi connectivity index (χ1) is 8.78. The Morgan fingerprint density at radius 1 is 1.11 bits per heavy atom. The summed E-state index contributed by atoms with van der Waals surface area (Å²) in [5.74, 6) is 1.46. The van der Waals surface area contributed by atoms with Crippen LogP contribution in [-0.4, -0.2) is 24.3 Å². The highest BCUT2D eigenvalue weighted by atomic mass is 16.5. The maximum atomic E-state index is 9.15. The van der Waals surface area contributed by atoms with Gasteiger partial charge in [0.2, 0.25) is 0 Å². The maximum Gasteiger partial charge on any atom is 0.128 e. The number of pyridine rings is 1. The number of rotatable bonds is 4. The smallest absolute Gasteiger partial charge is 0.128 e. The van der Waals surface area contributed by atoms with Gasteiger partial charge in [0.05, 0.1) is 26.5 Å². The molecule has 0 amide bonds. The average Bonchev–Trinajstić information content (AvgIpc) is 2.46. The van der Waals surface area contributed by atoms with E-state index in [0.29, 0.717) is 0 Å². The van der Waals surface area contributed by atoms with Gasteiger partial charge in [-0.05, 0) is 35.9 Å². The van der Waals surface area contributed by atoms with Crippen molar-refractivity contribution in [2.45, 2.75) is 6.61 Å².